The first kappa shape index (κ1) is 10.7. The van der Waals surface area contributed by atoms with Crippen LogP contribution in [0.5, 0.6) is 0 Å². The Hall–Kier alpha value is -0.180. The summed E-state index contributed by atoms with van der Waals surface area (Å²) in [7, 11) is 0. The summed E-state index contributed by atoms with van der Waals surface area (Å²) in [5.74, 6) is 0.181. The molecule has 1 N–H and O–H groups in total. The molecule has 0 amide bonds. The monoisotopic (exact) mass is 136 g/mol. The van der Waals surface area contributed by atoms with Gasteiger partial charge in [-0.05, 0) is 12.2 Å². The second kappa shape index (κ2) is 9.94. The molecule has 0 aromatic carbocycles. The molecule has 0 aliphatic heterocycles. The van der Waals surface area contributed by atoms with Gasteiger partial charge in [0.05, 0.1) is 0 Å². The molecule has 0 aliphatic rings. The van der Waals surface area contributed by atoms with Crippen LogP contribution >= 0.6 is 12.6 Å². The molecule has 2 nitrogen and oxygen atoms in total. The van der Waals surface area contributed by atoms with Crippen molar-refractivity contribution in [3.8, 4) is 0 Å². The quantitative estimate of drug-likeness (QED) is 0.535. The van der Waals surface area contributed by atoms with Gasteiger partial charge < -0.3 is 5.11 Å². The van der Waals surface area contributed by atoms with Crippen molar-refractivity contribution >= 4 is 18.6 Å². The summed E-state index contributed by atoms with van der Waals surface area (Å²) >= 11 is 3.92. The summed E-state index contributed by atoms with van der Waals surface area (Å²) in [5, 5.41) is 7.42. The number of thiol groups is 1. The summed E-state index contributed by atoms with van der Waals surface area (Å²) in [4.78, 5) is 9.00. The van der Waals surface area contributed by atoms with Crippen molar-refractivity contribution in [1.29, 1.82) is 0 Å². The van der Waals surface area contributed by atoms with E-state index < -0.39 is 5.97 Å². The number of hydrogen-bond donors (Lipinski definition) is 2. The highest BCUT2D eigenvalue weighted by Gasteiger charge is 1.65. The van der Waals surface area contributed by atoms with Gasteiger partial charge in [-0.25, -0.2) is 0 Å². The molecule has 0 bridgehead atoms. The molecule has 50 valence electrons. The zero-order valence-corrected chi connectivity index (χ0v) is 6.11. The molecule has 0 spiro atoms. The lowest BCUT2D eigenvalue weighted by molar-refractivity contribution is -0.134. The first-order chi connectivity index (χ1) is 3.65. The normalized spacial score (nSPS) is 6.88. The van der Waals surface area contributed by atoms with Gasteiger partial charge in [0.15, 0.2) is 0 Å². The van der Waals surface area contributed by atoms with Crippen LogP contribution in [0.3, 0.4) is 0 Å². The Balaban J connectivity index is 0. The highest BCUT2D eigenvalue weighted by Crippen LogP contribution is 1.74. The average molecular weight is 136 g/mol. The zero-order chi connectivity index (χ0) is 6.99. The maximum Gasteiger partial charge on any atom is 0.300 e. The summed E-state index contributed by atoms with van der Waals surface area (Å²) in [6.07, 6.45) is 1.18. The lowest BCUT2D eigenvalue weighted by Crippen LogP contribution is -1.78. The SMILES string of the molecule is CC(=O)O.CCCS. The smallest absolute Gasteiger partial charge is 0.300 e. The third-order valence-corrected chi connectivity index (χ3v) is 0.671. The Morgan fingerprint density at radius 2 is 1.88 bits per heavy atom. The molecule has 3 heteroatoms. The van der Waals surface area contributed by atoms with Gasteiger partial charge in [0.1, 0.15) is 0 Å². The van der Waals surface area contributed by atoms with Crippen molar-refractivity contribution in [3.05, 3.63) is 0 Å². The number of carboxylic acid groups (broad SMARTS) is 1. The molecule has 0 rings (SSSR count). The van der Waals surface area contributed by atoms with Gasteiger partial charge in [-0.1, -0.05) is 6.92 Å². The molecule has 0 aromatic rings. The van der Waals surface area contributed by atoms with Crippen molar-refractivity contribution in [2.75, 3.05) is 5.75 Å². The minimum absolute atomic E-state index is 0.833. The summed E-state index contributed by atoms with van der Waals surface area (Å²) in [5.41, 5.74) is 0. The van der Waals surface area contributed by atoms with Gasteiger partial charge in [-0.3, -0.25) is 4.79 Å². The van der Waals surface area contributed by atoms with E-state index in [0.29, 0.717) is 0 Å². The highest BCUT2D eigenvalue weighted by molar-refractivity contribution is 7.80. The standard InChI is InChI=1S/C3H8S.C2H4O2/c1-2-3-4;1-2(3)4/h4H,2-3H2,1H3;1H3,(H,3,4). The van der Waals surface area contributed by atoms with E-state index in [9.17, 15) is 0 Å². The van der Waals surface area contributed by atoms with E-state index in [1.165, 1.54) is 6.42 Å². The molecule has 0 heterocycles. The van der Waals surface area contributed by atoms with Gasteiger partial charge in [0.2, 0.25) is 0 Å². The molecule has 0 saturated carbocycles. The highest BCUT2D eigenvalue weighted by atomic mass is 32.1. The topological polar surface area (TPSA) is 37.3 Å². The predicted octanol–water partition coefficient (Wildman–Crippen LogP) is 1.42. The Kier molecular flexibility index (Phi) is 13.3. The van der Waals surface area contributed by atoms with Gasteiger partial charge >= 0.3 is 0 Å². The molecule has 8 heavy (non-hydrogen) atoms. The molecule has 0 unspecified atom stereocenters. The molecular weight excluding hydrogens is 124 g/mol. The van der Waals surface area contributed by atoms with Crippen LogP contribution in [0.25, 0.3) is 0 Å². The van der Waals surface area contributed by atoms with Crippen LogP contribution in [0.15, 0.2) is 0 Å². The van der Waals surface area contributed by atoms with Crippen molar-refractivity contribution < 1.29 is 9.90 Å². The van der Waals surface area contributed by atoms with Crippen molar-refractivity contribution in [1.82, 2.24) is 0 Å². The maximum absolute atomic E-state index is 9.00. The number of rotatable bonds is 1. The molecule has 0 atom stereocenters. The van der Waals surface area contributed by atoms with Crippen molar-refractivity contribution in [2.24, 2.45) is 0 Å². The third-order valence-electron chi connectivity index (χ3n) is 0.224. The average Bonchev–Trinajstić information content (AvgIpc) is 1.65. The molecule has 0 aromatic heterocycles. The second-order valence-electron chi connectivity index (χ2n) is 1.24. The van der Waals surface area contributed by atoms with Crippen LogP contribution in [-0.4, -0.2) is 16.8 Å². The lowest BCUT2D eigenvalue weighted by Gasteiger charge is -1.67. The van der Waals surface area contributed by atoms with E-state index in [1.807, 2.05) is 0 Å². The van der Waals surface area contributed by atoms with E-state index >= 15 is 0 Å². The Labute approximate surface area is 55.3 Å². The van der Waals surface area contributed by atoms with E-state index in [0.717, 1.165) is 12.7 Å². The lowest BCUT2D eigenvalue weighted by atomic mass is 10.6. The predicted molar refractivity (Wildman–Crippen MR) is 37.5 cm³/mol. The first-order valence-electron chi connectivity index (χ1n) is 2.45. The fourth-order valence-corrected chi connectivity index (χ4v) is 0. The zero-order valence-electron chi connectivity index (χ0n) is 5.22. The van der Waals surface area contributed by atoms with Crippen LogP contribution in [-0.2, 0) is 4.79 Å². The molecule has 0 aliphatic carbocycles. The van der Waals surface area contributed by atoms with Crippen LogP contribution < -0.4 is 0 Å². The maximum atomic E-state index is 9.00. The fourth-order valence-electron chi connectivity index (χ4n) is 0. The van der Waals surface area contributed by atoms with E-state index in [4.69, 9.17) is 9.90 Å². The van der Waals surface area contributed by atoms with Gasteiger partial charge in [0, 0.05) is 6.92 Å². The molecule has 0 saturated heterocycles. The Morgan fingerprint density at radius 1 is 1.75 bits per heavy atom. The minimum Gasteiger partial charge on any atom is -0.481 e. The van der Waals surface area contributed by atoms with Crippen LogP contribution in [0.2, 0.25) is 0 Å². The molecular formula is C5H12O2S. The molecule has 0 radical (unpaired) electrons. The largest absolute Gasteiger partial charge is 0.481 e. The van der Waals surface area contributed by atoms with Gasteiger partial charge in [0.25, 0.3) is 5.97 Å². The number of aliphatic carboxylic acids is 1. The van der Waals surface area contributed by atoms with E-state index in [-0.39, 0.29) is 0 Å². The van der Waals surface area contributed by atoms with Gasteiger partial charge in [-0.15, -0.1) is 0 Å². The summed E-state index contributed by atoms with van der Waals surface area (Å²) in [6.45, 7) is 3.19. The Bertz CT molecular complexity index is 48.4. The van der Waals surface area contributed by atoms with E-state index in [1.54, 1.807) is 0 Å². The van der Waals surface area contributed by atoms with E-state index in [2.05, 4.69) is 19.6 Å². The van der Waals surface area contributed by atoms with Gasteiger partial charge in [-0.2, -0.15) is 12.6 Å². The Morgan fingerprint density at radius 3 is 1.88 bits per heavy atom. The van der Waals surface area contributed by atoms with Crippen LogP contribution in [0, 0.1) is 0 Å². The van der Waals surface area contributed by atoms with Crippen LogP contribution in [0.4, 0.5) is 0 Å². The fraction of sp³-hybridized carbons (Fsp3) is 0.800. The number of hydrogen-bond acceptors (Lipinski definition) is 2. The third kappa shape index (κ3) is 201. The first-order valence-corrected chi connectivity index (χ1v) is 3.08. The second-order valence-corrected chi connectivity index (χ2v) is 1.69. The van der Waals surface area contributed by atoms with Crippen molar-refractivity contribution in [2.45, 2.75) is 20.3 Å². The summed E-state index contributed by atoms with van der Waals surface area (Å²) < 4.78 is 0. The number of carboxylic acids is 1. The van der Waals surface area contributed by atoms with Crippen molar-refractivity contribution in [3.63, 3.8) is 0 Å². The summed E-state index contributed by atoms with van der Waals surface area (Å²) in [6, 6.07) is 0. The van der Waals surface area contributed by atoms with Crippen LogP contribution in [0.1, 0.15) is 20.3 Å². The number of carbonyl (C=O) groups is 1. The molecule has 0 fully saturated rings. The minimum atomic E-state index is -0.833.